The van der Waals surface area contributed by atoms with E-state index in [1.807, 2.05) is 30.3 Å². The van der Waals surface area contributed by atoms with Crippen molar-refractivity contribution in [1.82, 2.24) is 0 Å². The first-order valence-corrected chi connectivity index (χ1v) is 11.1. The van der Waals surface area contributed by atoms with E-state index in [4.69, 9.17) is 14.0 Å². The van der Waals surface area contributed by atoms with Gasteiger partial charge in [-0.05, 0) is 36.6 Å². The second-order valence-electron chi connectivity index (χ2n) is 9.25. The van der Waals surface area contributed by atoms with Crippen LogP contribution in [0.4, 0.5) is 4.79 Å². The van der Waals surface area contributed by atoms with Gasteiger partial charge in [0.25, 0.3) is 0 Å². The number of carbonyl (C=O) groups is 2. The monoisotopic (exact) mass is 401 g/mol. The van der Waals surface area contributed by atoms with E-state index >= 15 is 0 Å². The van der Waals surface area contributed by atoms with Gasteiger partial charge in [0.15, 0.2) is 0 Å². The molecule has 0 radical (unpaired) electrons. The molecule has 0 spiro atoms. The van der Waals surface area contributed by atoms with E-state index in [1.54, 1.807) is 0 Å². The number of nitrogens with zero attached hydrogens (tertiary/aromatic N) is 1. The molecule has 2 aliphatic heterocycles. The molecule has 3 aliphatic rings. The number of hydrogen-bond donors (Lipinski definition) is 0. The Morgan fingerprint density at radius 1 is 1.17 bits per heavy atom. The van der Waals surface area contributed by atoms with E-state index in [0.29, 0.717) is 12.5 Å². The van der Waals surface area contributed by atoms with Gasteiger partial charge in [-0.3, -0.25) is 4.79 Å². The Hall–Kier alpha value is -1.86. The van der Waals surface area contributed by atoms with Gasteiger partial charge in [-0.25, -0.2) is 0 Å². The zero-order chi connectivity index (χ0) is 20.6. The second-order valence-corrected chi connectivity index (χ2v) is 9.25. The highest BCUT2D eigenvalue weighted by molar-refractivity contribution is 6.71. The molecular formula is C22H32BNO5. The van der Waals surface area contributed by atoms with Crippen LogP contribution in [0.1, 0.15) is 58.4 Å². The molecule has 0 N–H and O–H groups in total. The standard InChI is InChI=1S/C22H32BNO5/c1-4-16(2)13-17(3)23-24(22(26)29-23,14-21(25)28-23)19-11-8-12-20(19)27-15-18-9-6-5-7-10-18/h5-7,9-10,16-17,19-20H,4,8,11-15H2,1-3H3/t16-,17+,19-,20-,23?,24?/m0/s1. The van der Waals surface area contributed by atoms with Gasteiger partial charge in [0.05, 0.1) is 12.6 Å². The summed E-state index contributed by atoms with van der Waals surface area (Å²) in [5.41, 5.74) is 1.11. The van der Waals surface area contributed by atoms with Crippen LogP contribution in [0.3, 0.4) is 0 Å². The summed E-state index contributed by atoms with van der Waals surface area (Å²) in [7, 11) is 0. The normalized spacial score (nSPS) is 35.4. The van der Waals surface area contributed by atoms with E-state index in [1.165, 1.54) is 0 Å². The van der Waals surface area contributed by atoms with Crippen molar-refractivity contribution in [1.29, 1.82) is 0 Å². The van der Waals surface area contributed by atoms with E-state index in [0.717, 1.165) is 37.7 Å². The van der Waals surface area contributed by atoms with Crippen LogP contribution in [0.15, 0.2) is 30.3 Å². The van der Waals surface area contributed by atoms with E-state index < -0.39 is 6.69 Å². The lowest BCUT2D eigenvalue weighted by Gasteiger charge is -2.62. The number of carbonyl (C=O) groups excluding carboxylic acids is 2. The Balaban J connectivity index is 1.58. The summed E-state index contributed by atoms with van der Waals surface area (Å²) >= 11 is 0. The minimum Gasteiger partial charge on any atom is -0.599 e. The first-order chi connectivity index (χ1) is 13.9. The fourth-order valence-electron chi connectivity index (χ4n) is 5.77. The first kappa shape index (κ1) is 20.4. The molecule has 2 unspecified atom stereocenters. The third-order valence-corrected chi connectivity index (χ3v) is 7.45. The van der Waals surface area contributed by atoms with Crippen LogP contribution < -0.4 is 0 Å². The van der Waals surface area contributed by atoms with Crippen molar-refractivity contribution < 1.29 is 28.0 Å². The van der Waals surface area contributed by atoms with E-state index in [-0.39, 0.29) is 41.0 Å². The van der Waals surface area contributed by atoms with Gasteiger partial charge in [0.1, 0.15) is 12.6 Å². The Labute approximate surface area is 173 Å². The maximum Gasteiger partial charge on any atom is 0.600 e. The fraction of sp³-hybridized carbons (Fsp3) is 0.636. The number of ether oxygens (including phenoxy) is 1. The summed E-state index contributed by atoms with van der Waals surface area (Å²) in [5, 5.41) is 0. The van der Waals surface area contributed by atoms with Crippen molar-refractivity contribution in [3.05, 3.63) is 35.9 Å². The van der Waals surface area contributed by atoms with E-state index in [2.05, 4.69) is 20.8 Å². The molecule has 6 atom stereocenters. The lowest BCUT2D eigenvalue weighted by Crippen LogP contribution is -2.85. The number of fused-ring (bicyclic) bond motifs is 1. The molecule has 0 aromatic heterocycles. The molecular weight excluding hydrogens is 369 g/mol. The van der Waals surface area contributed by atoms with Gasteiger partial charge in [-0.15, -0.1) is 0 Å². The third-order valence-electron chi connectivity index (χ3n) is 7.45. The minimum atomic E-state index is -2.01. The van der Waals surface area contributed by atoms with Crippen molar-refractivity contribution in [3.8, 4) is 0 Å². The number of quaternary nitrogens is 1. The van der Waals surface area contributed by atoms with Crippen LogP contribution >= 0.6 is 0 Å². The second kappa shape index (κ2) is 7.76. The van der Waals surface area contributed by atoms with Crippen LogP contribution in [-0.2, 0) is 25.4 Å². The average molecular weight is 401 g/mol. The molecule has 1 aliphatic carbocycles. The molecule has 4 rings (SSSR count). The molecule has 1 aromatic rings. The summed E-state index contributed by atoms with van der Waals surface area (Å²) in [6.45, 7) is 5.00. The summed E-state index contributed by atoms with van der Waals surface area (Å²) in [6, 6.07) is 9.98. The van der Waals surface area contributed by atoms with Gasteiger partial charge in [-0.2, -0.15) is 4.79 Å². The number of rotatable bonds is 8. The summed E-state index contributed by atoms with van der Waals surface area (Å²) in [5.74, 6) is 0.167. The van der Waals surface area contributed by atoms with Gasteiger partial charge in [0, 0.05) is 0 Å². The molecule has 0 bridgehead atoms. The van der Waals surface area contributed by atoms with Gasteiger partial charge < -0.3 is 18.4 Å². The van der Waals surface area contributed by atoms with Crippen LogP contribution in [0, 0.1) is 5.92 Å². The average Bonchev–Trinajstić information content (AvgIpc) is 3.27. The maximum atomic E-state index is 12.9. The number of hydrogen-bond acceptors (Lipinski definition) is 5. The molecule has 1 aromatic carbocycles. The van der Waals surface area contributed by atoms with Gasteiger partial charge in [0.2, 0.25) is 0 Å². The van der Waals surface area contributed by atoms with Crippen molar-refractivity contribution >= 4 is 18.7 Å². The van der Waals surface area contributed by atoms with Crippen molar-refractivity contribution in [2.24, 2.45) is 5.92 Å². The van der Waals surface area contributed by atoms with Crippen molar-refractivity contribution in [2.75, 3.05) is 6.54 Å². The summed E-state index contributed by atoms with van der Waals surface area (Å²) in [4.78, 5) is 25.4. The third kappa shape index (κ3) is 3.19. The molecule has 1 saturated carbocycles. The smallest absolute Gasteiger partial charge is 0.599 e. The predicted octanol–water partition coefficient (Wildman–Crippen LogP) is 4.41. The summed E-state index contributed by atoms with van der Waals surface area (Å²) in [6.07, 6.45) is 4.26. The highest BCUT2D eigenvalue weighted by Crippen LogP contribution is 2.54. The summed E-state index contributed by atoms with van der Waals surface area (Å²) < 4.78 is 17.9. The molecule has 3 fully saturated rings. The Morgan fingerprint density at radius 2 is 1.93 bits per heavy atom. The number of amides is 1. The lowest BCUT2D eigenvalue weighted by molar-refractivity contribution is -0.819. The van der Waals surface area contributed by atoms with Crippen molar-refractivity contribution in [2.45, 2.75) is 77.4 Å². The Bertz CT molecular complexity index is 774. The molecule has 2 heterocycles. The topological polar surface area (TPSA) is 61.8 Å². The quantitative estimate of drug-likeness (QED) is 0.604. The molecule has 6 nitrogen and oxygen atoms in total. The Morgan fingerprint density at radius 3 is 2.62 bits per heavy atom. The first-order valence-electron chi connectivity index (χ1n) is 11.1. The van der Waals surface area contributed by atoms with Crippen LogP contribution in [0.25, 0.3) is 0 Å². The van der Waals surface area contributed by atoms with E-state index in [9.17, 15) is 9.59 Å². The molecule has 29 heavy (non-hydrogen) atoms. The maximum absolute atomic E-state index is 12.9. The largest absolute Gasteiger partial charge is 0.600 e. The van der Waals surface area contributed by atoms with Crippen LogP contribution in [-0.4, -0.2) is 41.8 Å². The predicted molar refractivity (Wildman–Crippen MR) is 110 cm³/mol. The fourth-order valence-corrected chi connectivity index (χ4v) is 5.77. The zero-order valence-corrected chi connectivity index (χ0v) is 17.7. The zero-order valence-electron chi connectivity index (χ0n) is 17.7. The minimum absolute atomic E-state index is 0.00414. The highest BCUT2D eigenvalue weighted by Gasteiger charge is 2.79. The molecule has 158 valence electrons. The van der Waals surface area contributed by atoms with Gasteiger partial charge >= 0.3 is 18.7 Å². The molecule has 1 amide bonds. The SMILES string of the molecule is CC[C@H](C)C[C@@H](C)[B-]12OC(=O)C[N+]1([C@H]1CCC[C@@H]1OCc1ccccc1)C(=O)O2. The van der Waals surface area contributed by atoms with Crippen LogP contribution in [0.2, 0.25) is 5.82 Å². The molecule has 2 saturated heterocycles. The molecule has 7 heteroatoms. The number of benzene rings is 1. The lowest BCUT2D eigenvalue weighted by atomic mass is 9.50. The highest BCUT2D eigenvalue weighted by atomic mass is 16.7. The van der Waals surface area contributed by atoms with Gasteiger partial charge in [-0.1, -0.05) is 63.9 Å². The van der Waals surface area contributed by atoms with Crippen LogP contribution in [0.5, 0.6) is 0 Å². The van der Waals surface area contributed by atoms with Crippen molar-refractivity contribution in [3.63, 3.8) is 0 Å². The Kier molecular flexibility index (Phi) is 5.47.